The molecule has 2 aliphatic rings. The molecule has 20 nitrogen and oxygen atoms in total. The first-order valence-corrected chi connectivity index (χ1v) is 35.3. The minimum atomic E-state index is -0.468. The molecule has 0 aromatic heterocycles. The van der Waals surface area contributed by atoms with Crippen LogP contribution in [-0.2, 0) is 57.2 Å². The van der Waals surface area contributed by atoms with E-state index < -0.39 is 11.9 Å². The van der Waals surface area contributed by atoms with E-state index in [1.807, 2.05) is 30.3 Å². The Morgan fingerprint density at radius 2 is 0.624 bits per heavy atom. The fourth-order valence-corrected chi connectivity index (χ4v) is 10.7. The highest BCUT2D eigenvalue weighted by Crippen LogP contribution is 2.34. The van der Waals surface area contributed by atoms with Gasteiger partial charge in [-0.15, -0.1) is 0 Å². The summed E-state index contributed by atoms with van der Waals surface area (Å²) in [5.74, 6) is 3.96. The van der Waals surface area contributed by atoms with Crippen LogP contribution in [0.25, 0.3) is 24.3 Å². The first kappa shape index (κ1) is 82.2. The summed E-state index contributed by atoms with van der Waals surface area (Å²) in [5.41, 5.74) is 3.91. The van der Waals surface area contributed by atoms with Gasteiger partial charge >= 0.3 is 35.8 Å². The van der Waals surface area contributed by atoms with Crippen molar-refractivity contribution in [2.45, 2.75) is 143 Å². The molecule has 6 rings (SSSR count). The van der Waals surface area contributed by atoms with Gasteiger partial charge in [0.1, 0.15) is 0 Å². The molecular weight excluding hydrogens is 1290 g/mol. The van der Waals surface area contributed by atoms with Crippen molar-refractivity contribution in [1.82, 2.24) is 0 Å². The van der Waals surface area contributed by atoms with Crippen molar-refractivity contribution in [3.63, 3.8) is 0 Å². The SMILES string of the molecule is C=C(C)C(=O)OCCCCCCOc1ccc(/C=C/C(=O)OCCCOc2ccc(/C=C/C(=O)OCC3CCC(CC)CC3)cc2OC)cc1OC.C=C(C)C(=O)OCCCCCCOc1ccc(/C=C/C(=O)OCCCOc2ccc(/C=C/C(=O)OCC3CCCC3)cc2OC)cc1OC. The van der Waals surface area contributed by atoms with Crippen LogP contribution in [0.2, 0.25) is 0 Å². The molecule has 0 bridgehead atoms. The second-order valence-electron chi connectivity index (χ2n) is 24.8. The van der Waals surface area contributed by atoms with Gasteiger partial charge in [0.2, 0.25) is 0 Å². The number of esters is 6. The van der Waals surface area contributed by atoms with Crippen molar-refractivity contribution >= 4 is 60.1 Å². The lowest BCUT2D eigenvalue weighted by atomic mass is 9.81. The summed E-state index contributed by atoms with van der Waals surface area (Å²) in [5, 5.41) is 0. The molecule has 550 valence electrons. The van der Waals surface area contributed by atoms with E-state index in [1.54, 1.807) is 109 Å². The first-order valence-electron chi connectivity index (χ1n) is 35.3. The standard InChI is InChI=1S/C42H56O10.C39H50O10/c1-6-32-12-14-35(15-13-32)30-52-41(44)23-19-34-17-21-37(39(29-34)47-5)49-26-11-27-50-40(43)22-18-33-16-20-36(38(28-33)46-4)48-24-9-7-8-10-25-51-42(45)31(2)3;1-29(2)39(42)48-23-10-6-5-9-22-45-33-18-14-30(26-35(33)43-3)16-20-37(40)47-25-11-24-46-34-19-15-31(27-36(34)44-4)17-21-38(41)49-28-32-12-7-8-13-32/h16-23,28-29,32,35H,2,6-15,24-27,30H2,1,3-5H3;14-21,26-27,32H,1,5-13,22-25,28H2,2-4H3/b22-18+,23-19+;20-16+,21-17+. The topological polar surface area (TPSA) is 232 Å². The van der Waals surface area contributed by atoms with Crippen LogP contribution in [-0.4, -0.2) is 130 Å². The maximum absolute atomic E-state index is 12.3. The molecule has 0 spiro atoms. The van der Waals surface area contributed by atoms with E-state index in [4.69, 9.17) is 66.3 Å². The molecule has 0 heterocycles. The van der Waals surface area contributed by atoms with Crippen LogP contribution in [0.1, 0.15) is 165 Å². The number of rotatable bonds is 45. The van der Waals surface area contributed by atoms with Crippen LogP contribution in [0.5, 0.6) is 46.0 Å². The first-order chi connectivity index (χ1) is 49.0. The molecular formula is C81H106O20. The summed E-state index contributed by atoms with van der Waals surface area (Å²) in [6.45, 7) is 16.4. The Bertz CT molecular complexity index is 3340. The Hall–Kier alpha value is -9.46. The summed E-state index contributed by atoms with van der Waals surface area (Å²) in [4.78, 5) is 71.7. The van der Waals surface area contributed by atoms with Gasteiger partial charge in [0, 0.05) is 48.3 Å². The number of methoxy groups -OCH3 is 4. The third-order valence-corrected chi connectivity index (χ3v) is 16.7. The molecule has 101 heavy (non-hydrogen) atoms. The average Bonchev–Trinajstić information content (AvgIpc) is 1.34. The molecule has 20 heteroatoms. The highest BCUT2D eigenvalue weighted by atomic mass is 16.6. The van der Waals surface area contributed by atoms with Crippen LogP contribution in [0.15, 0.2) is 121 Å². The number of benzene rings is 4. The minimum Gasteiger partial charge on any atom is -0.493 e. The number of carbonyl (C=O) groups is 6. The van der Waals surface area contributed by atoms with Gasteiger partial charge in [-0.2, -0.15) is 0 Å². The number of hydrogen-bond acceptors (Lipinski definition) is 20. The summed E-state index contributed by atoms with van der Waals surface area (Å²) in [6, 6.07) is 21.7. The summed E-state index contributed by atoms with van der Waals surface area (Å²) < 4.78 is 77.0. The molecule has 4 aromatic rings. The zero-order chi connectivity index (χ0) is 72.8. The monoisotopic (exact) mass is 1400 g/mol. The second-order valence-corrected chi connectivity index (χ2v) is 24.8. The molecule has 0 N–H and O–H groups in total. The van der Waals surface area contributed by atoms with E-state index in [1.165, 1.54) is 56.4 Å². The Morgan fingerprint density at radius 3 is 0.931 bits per heavy atom. The zero-order valence-corrected chi connectivity index (χ0v) is 60.4. The summed E-state index contributed by atoms with van der Waals surface area (Å²) in [7, 11) is 6.24. The van der Waals surface area contributed by atoms with Gasteiger partial charge < -0.3 is 66.3 Å². The van der Waals surface area contributed by atoms with Crippen LogP contribution < -0.4 is 37.9 Å². The number of ether oxygens (including phenoxy) is 14. The van der Waals surface area contributed by atoms with Gasteiger partial charge in [0.25, 0.3) is 0 Å². The fourth-order valence-electron chi connectivity index (χ4n) is 10.7. The zero-order valence-electron chi connectivity index (χ0n) is 60.4. The predicted molar refractivity (Wildman–Crippen MR) is 389 cm³/mol. The number of unbranched alkanes of at least 4 members (excludes halogenated alkanes) is 6. The highest BCUT2D eigenvalue weighted by Gasteiger charge is 2.22. The van der Waals surface area contributed by atoms with Gasteiger partial charge in [-0.1, -0.05) is 76.5 Å². The van der Waals surface area contributed by atoms with Crippen LogP contribution in [0.4, 0.5) is 0 Å². The Kier molecular flexibility index (Phi) is 39.3. The average molecular weight is 1400 g/mol. The van der Waals surface area contributed by atoms with E-state index in [-0.39, 0.29) is 37.1 Å². The lowest BCUT2D eigenvalue weighted by molar-refractivity contribution is -0.140. The second kappa shape index (κ2) is 48.3. The lowest BCUT2D eigenvalue weighted by Crippen LogP contribution is -2.19. The van der Waals surface area contributed by atoms with Crippen molar-refractivity contribution in [2.24, 2.45) is 17.8 Å². The summed E-state index contributed by atoms with van der Waals surface area (Å²) in [6.07, 6.45) is 30.9. The lowest BCUT2D eigenvalue weighted by Gasteiger charge is -2.27. The molecule has 2 aliphatic carbocycles. The van der Waals surface area contributed by atoms with Crippen LogP contribution >= 0.6 is 0 Å². The van der Waals surface area contributed by atoms with Gasteiger partial charge in [0.15, 0.2) is 46.0 Å². The third-order valence-electron chi connectivity index (χ3n) is 16.7. The molecule has 0 unspecified atom stereocenters. The normalized spacial score (nSPS) is 14.3. The number of hydrogen-bond donors (Lipinski definition) is 0. The van der Waals surface area contributed by atoms with Crippen molar-refractivity contribution in [1.29, 1.82) is 0 Å². The van der Waals surface area contributed by atoms with Crippen LogP contribution in [0, 0.1) is 17.8 Å². The quantitative estimate of drug-likeness (QED) is 0.0173. The molecule has 0 atom stereocenters. The van der Waals surface area contributed by atoms with E-state index in [0.717, 1.165) is 105 Å². The van der Waals surface area contributed by atoms with Crippen molar-refractivity contribution < 1.29 is 95.1 Å². The van der Waals surface area contributed by atoms with E-state index in [9.17, 15) is 28.8 Å². The van der Waals surface area contributed by atoms with E-state index in [0.29, 0.717) is 135 Å². The van der Waals surface area contributed by atoms with Crippen LogP contribution in [0.3, 0.4) is 0 Å². The molecule has 0 saturated heterocycles. The molecule has 0 radical (unpaired) electrons. The maximum Gasteiger partial charge on any atom is 0.333 e. The smallest absolute Gasteiger partial charge is 0.333 e. The highest BCUT2D eigenvalue weighted by molar-refractivity contribution is 5.89. The number of carbonyl (C=O) groups excluding carboxylic acids is 6. The van der Waals surface area contributed by atoms with Crippen molar-refractivity contribution in [3.05, 3.63) is 144 Å². The third kappa shape index (κ3) is 33.5. The van der Waals surface area contributed by atoms with E-state index >= 15 is 0 Å². The van der Waals surface area contributed by atoms with Gasteiger partial charge in [-0.05, 0) is 204 Å². The Morgan fingerprint density at radius 1 is 0.347 bits per heavy atom. The Labute approximate surface area is 597 Å². The Balaban J connectivity index is 0.000000364. The molecule has 0 aliphatic heterocycles. The molecule has 2 saturated carbocycles. The molecule has 0 amide bonds. The minimum absolute atomic E-state index is 0.185. The largest absolute Gasteiger partial charge is 0.493 e. The van der Waals surface area contributed by atoms with E-state index in [2.05, 4.69) is 20.1 Å². The van der Waals surface area contributed by atoms with Gasteiger partial charge in [0.05, 0.1) is 94.5 Å². The molecule has 4 aromatic carbocycles. The fraction of sp³-hybridized carbons (Fsp3) is 0.481. The van der Waals surface area contributed by atoms with Gasteiger partial charge in [-0.25, -0.2) is 28.8 Å². The molecule has 2 fully saturated rings. The van der Waals surface area contributed by atoms with Crippen molar-refractivity contribution in [3.8, 4) is 46.0 Å². The van der Waals surface area contributed by atoms with Crippen molar-refractivity contribution in [2.75, 3.05) is 94.5 Å². The maximum atomic E-state index is 12.3. The van der Waals surface area contributed by atoms with Gasteiger partial charge in [-0.3, -0.25) is 0 Å². The summed E-state index contributed by atoms with van der Waals surface area (Å²) >= 11 is 0. The predicted octanol–water partition coefficient (Wildman–Crippen LogP) is 16.1.